The third-order valence-electron chi connectivity index (χ3n) is 2.57. The summed E-state index contributed by atoms with van der Waals surface area (Å²) in [4.78, 5) is 0.0398. The molecule has 0 saturated heterocycles. The van der Waals surface area contributed by atoms with E-state index in [0.717, 1.165) is 0 Å². The number of sulfonamides is 1. The maximum Gasteiger partial charge on any atom is 0.242 e. The van der Waals surface area contributed by atoms with Gasteiger partial charge in [-0.25, -0.2) is 13.1 Å². The summed E-state index contributed by atoms with van der Waals surface area (Å²) in [6, 6.07) is 6.24. The molecule has 0 aliphatic rings. The highest BCUT2D eigenvalue weighted by Gasteiger charge is 2.21. The zero-order chi connectivity index (χ0) is 14.7. The van der Waals surface area contributed by atoms with Crippen LogP contribution < -0.4 is 10.5 Å². The van der Waals surface area contributed by atoms with Crippen LogP contribution in [0.2, 0.25) is 0 Å². The molecule has 1 aromatic carbocycles. The fraction of sp³-hybridized carbons (Fsp3) is 0.538. The second-order valence-corrected chi connectivity index (χ2v) is 7.54. The highest BCUT2D eigenvalue weighted by atomic mass is 32.2. The number of para-hydroxylation sites is 1. The third kappa shape index (κ3) is 5.18. The van der Waals surface area contributed by atoms with Crippen LogP contribution in [-0.2, 0) is 10.0 Å². The lowest BCUT2D eigenvalue weighted by molar-refractivity contribution is 0.125. The molecule has 0 fully saturated rings. The molecule has 0 aliphatic heterocycles. The van der Waals surface area contributed by atoms with E-state index in [2.05, 4.69) is 4.72 Å². The Bertz CT molecular complexity index is 521. The molecule has 0 saturated carbocycles. The van der Waals surface area contributed by atoms with E-state index in [1.54, 1.807) is 12.1 Å². The normalized spacial score (nSPS) is 14.3. The predicted octanol–water partition coefficient (Wildman–Crippen LogP) is 1.34. The standard InChI is InChI=1S/C13H22N2O3S/c1-13(2,3)8-10(16)9-15-19(17,18)12-7-5-4-6-11(12)14/h4-7,10,15-16H,8-9,14H2,1-3H3. The van der Waals surface area contributed by atoms with Gasteiger partial charge in [0.2, 0.25) is 10.0 Å². The summed E-state index contributed by atoms with van der Waals surface area (Å²) in [5.74, 6) is 0. The van der Waals surface area contributed by atoms with E-state index < -0.39 is 16.1 Å². The number of benzene rings is 1. The van der Waals surface area contributed by atoms with Gasteiger partial charge in [-0.05, 0) is 24.0 Å². The van der Waals surface area contributed by atoms with Gasteiger partial charge in [-0.15, -0.1) is 0 Å². The molecule has 1 atom stereocenters. The molecule has 0 spiro atoms. The summed E-state index contributed by atoms with van der Waals surface area (Å²) in [5.41, 5.74) is 5.77. The Morgan fingerprint density at radius 3 is 2.42 bits per heavy atom. The average molecular weight is 286 g/mol. The Labute approximate surface area is 114 Å². The monoisotopic (exact) mass is 286 g/mol. The number of aliphatic hydroxyl groups excluding tert-OH is 1. The van der Waals surface area contributed by atoms with Gasteiger partial charge in [0.15, 0.2) is 0 Å². The SMILES string of the molecule is CC(C)(C)CC(O)CNS(=O)(=O)c1ccccc1N. The van der Waals surface area contributed by atoms with Crippen molar-refractivity contribution in [1.82, 2.24) is 4.72 Å². The van der Waals surface area contributed by atoms with Crippen molar-refractivity contribution in [3.8, 4) is 0 Å². The minimum absolute atomic E-state index is 0.0199. The maximum atomic E-state index is 12.0. The fourth-order valence-electron chi connectivity index (χ4n) is 1.79. The summed E-state index contributed by atoms with van der Waals surface area (Å²) < 4.78 is 26.4. The van der Waals surface area contributed by atoms with Gasteiger partial charge in [-0.1, -0.05) is 32.9 Å². The van der Waals surface area contributed by atoms with E-state index in [-0.39, 0.29) is 22.5 Å². The molecule has 1 rings (SSSR count). The molecule has 1 aromatic rings. The van der Waals surface area contributed by atoms with Crippen molar-refractivity contribution < 1.29 is 13.5 Å². The van der Waals surface area contributed by atoms with Gasteiger partial charge in [0, 0.05) is 6.54 Å². The molecule has 4 N–H and O–H groups in total. The Morgan fingerprint density at radius 1 is 1.32 bits per heavy atom. The molecular formula is C13H22N2O3S. The van der Waals surface area contributed by atoms with Crippen molar-refractivity contribution in [2.75, 3.05) is 12.3 Å². The average Bonchev–Trinajstić information content (AvgIpc) is 2.24. The molecule has 19 heavy (non-hydrogen) atoms. The molecule has 5 nitrogen and oxygen atoms in total. The van der Waals surface area contributed by atoms with Crippen LogP contribution in [0.1, 0.15) is 27.2 Å². The zero-order valence-electron chi connectivity index (χ0n) is 11.6. The van der Waals surface area contributed by atoms with E-state index >= 15 is 0 Å². The van der Waals surface area contributed by atoms with Gasteiger partial charge < -0.3 is 10.8 Å². The predicted molar refractivity (Wildman–Crippen MR) is 76.1 cm³/mol. The van der Waals surface area contributed by atoms with Gasteiger partial charge >= 0.3 is 0 Å². The number of anilines is 1. The van der Waals surface area contributed by atoms with Gasteiger partial charge in [0.1, 0.15) is 4.90 Å². The number of nitrogen functional groups attached to an aromatic ring is 1. The Balaban J connectivity index is 2.70. The first-order valence-electron chi connectivity index (χ1n) is 6.14. The van der Waals surface area contributed by atoms with Gasteiger partial charge in [0.05, 0.1) is 11.8 Å². The Hall–Kier alpha value is -1.11. The highest BCUT2D eigenvalue weighted by Crippen LogP contribution is 2.21. The van der Waals surface area contributed by atoms with E-state index in [1.807, 2.05) is 20.8 Å². The van der Waals surface area contributed by atoms with Crippen LogP contribution in [0.25, 0.3) is 0 Å². The van der Waals surface area contributed by atoms with E-state index in [1.165, 1.54) is 12.1 Å². The van der Waals surface area contributed by atoms with Crippen molar-refractivity contribution >= 4 is 15.7 Å². The smallest absolute Gasteiger partial charge is 0.242 e. The van der Waals surface area contributed by atoms with Crippen molar-refractivity contribution in [1.29, 1.82) is 0 Å². The lowest BCUT2D eigenvalue weighted by Gasteiger charge is -2.22. The van der Waals surface area contributed by atoms with Crippen LogP contribution in [0.5, 0.6) is 0 Å². The highest BCUT2D eigenvalue weighted by molar-refractivity contribution is 7.89. The molecule has 1 unspecified atom stereocenters. The number of aliphatic hydroxyl groups is 1. The third-order valence-corrected chi connectivity index (χ3v) is 4.06. The summed E-state index contributed by atoms with van der Waals surface area (Å²) in [7, 11) is -3.68. The lowest BCUT2D eigenvalue weighted by Crippen LogP contribution is -2.34. The molecule has 0 radical (unpaired) electrons. The number of nitrogens with two attached hydrogens (primary N) is 1. The minimum Gasteiger partial charge on any atom is -0.398 e. The van der Waals surface area contributed by atoms with Crippen LogP contribution in [-0.4, -0.2) is 26.2 Å². The largest absolute Gasteiger partial charge is 0.398 e. The molecule has 108 valence electrons. The fourth-order valence-corrected chi connectivity index (χ4v) is 2.99. The summed E-state index contributed by atoms with van der Waals surface area (Å²) in [6.07, 6.45) is -0.209. The molecular weight excluding hydrogens is 264 g/mol. The number of rotatable bonds is 5. The maximum absolute atomic E-state index is 12.0. The number of nitrogens with one attached hydrogen (secondary N) is 1. The van der Waals surface area contributed by atoms with E-state index in [4.69, 9.17) is 5.73 Å². The van der Waals surface area contributed by atoms with Crippen molar-refractivity contribution in [3.05, 3.63) is 24.3 Å². The van der Waals surface area contributed by atoms with Crippen LogP contribution in [0.3, 0.4) is 0 Å². The Kier molecular flexibility index (Phi) is 4.95. The van der Waals surface area contributed by atoms with Crippen LogP contribution >= 0.6 is 0 Å². The van der Waals surface area contributed by atoms with Crippen LogP contribution in [0, 0.1) is 5.41 Å². The lowest BCUT2D eigenvalue weighted by atomic mass is 9.89. The first-order chi connectivity index (χ1) is 8.62. The van der Waals surface area contributed by atoms with E-state index in [9.17, 15) is 13.5 Å². The van der Waals surface area contributed by atoms with Gasteiger partial charge in [-0.2, -0.15) is 0 Å². The second-order valence-electron chi connectivity index (χ2n) is 5.81. The number of hydrogen-bond acceptors (Lipinski definition) is 4. The molecule has 6 heteroatoms. The number of hydrogen-bond donors (Lipinski definition) is 3. The summed E-state index contributed by atoms with van der Waals surface area (Å²) in [6.45, 7) is 5.94. The second kappa shape index (κ2) is 5.90. The molecule has 0 bridgehead atoms. The van der Waals surface area contributed by atoms with E-state index in [0.29, 0.717) is 6.42 Å². The van der Waals surface area contributed by atoms with Gasteiger partial charge in [-0.3, -0.25) is 0 Å². The first kappa shape index (κ1) is 15.9. The van der Waals surface area contributed by atoms with Crippen LogP contribution in [0.4, 0.5) is 5.69 Å². The minimum atomic E-state index is -3.68. The summed E-state index contributed by atoms with van der Waals surface area (Å²) >= 11 is 0. The quantitative estimate of drug-likeness (QED) is 0.712. The first-order valence-corrected chi connectivity index (χ1v) is 7.62. The molecule has 0 amide bonds. The molecule has 0 heterocycles. The van der Waals surface area contributed by atoms with Crippen molar-refractivity contribution in [3.63, 3.8) is 0 Å². The Morgan fingerprint density at radius 2 is 1.89 bits per heavy atom. The van der Waals surface area contributed by atoms with Gasteiger partial charge in [0.25, 0.3) is 0 Å². The zero-order valence-corrected chi connectivity index (χ0v) is 12.4. The van der Waals surface area contributed by atoms with Crippen molar-refractivity contribution in [2.24, 2.45) is 5.41 Å². The molecule has 0 aliphatic carbocycles. The molecule has 0 aromatic heterocycles. The summed E-state index contributed by atoms with van der Waals surface area (Å²) in [5, 5.41) is 9.81. The topological polar surface area (TPSA) is 92.4 Å². The van der Waals surface area contributed by atoms with Crippen LogP contribution in [0.15, 0.2) is 29.2 Å². The van der Waals surface area contributed by atoms with Crippen molar-refractivity contribution in [2.45, 2.75) is 38.2 Å².